The van der Waals surface area contributed by atoms with Crippen molar-refractivity contribution in [3.63, 3.8) is 0 Å². The van der Waals surface area contributed by atoms with Crippen LogP contribution >= 0.6 is 11.6 Å². The summed E-state index contributed by atoms with van der Waals surface area (Å²) in [4.78, 5) is 26.5. The molecule has 0 atom stereocenters. The number of nitrogens with zero attached hydrogens (tertiary/aromatic N) is 3. The first kappa shape index (κ1) is 21.5. The van der Waals surface area contributed by atoms with Gasteiger partial charge in [0, 0.05) is 22.8 Å². The molecule has 0 aliphatic rings. The van der Waals surface area contributed by atoms with Crippen molar-refractivity contribution in [2.75, 3.05) is 5.32 Å². The number of aromatic nitrogens is 1. The van der Waals surface area contributed by atoms with E-state index in [-0.39, 0.29) is 17.1 Å². The van der Waals surface area contributed by atoms with Gasteiger partial charge in [-0.25, -0.2) is 4.98 Å². The third kappa shape index (κ3) is 5.44. The van der Waals surface area contributed by atoms with E-state index >= 15 is 0 Å². The molecule has 0 unspecified atom stereocenters. The second kappa shape index (κ2) is 9.52. The van der Waals surface area contributed by atoms with Gasteiger partial charge in [-0.05, 0) is 48.4 Å². The molecule has 8 nitrogen and oxygen atoms in total. The van der Waals surface area contributed by atoms with Crippen LogP contribution in [0.5, 0.6) is 11.6 Å². The quantitative estimate of drug-likeness (QED) is 0.244. The highest BCUT2D eigenvalue weighted by Gasteiger charge is 2.12. The van der Waals surface area contributed by atoms with Crippen molar-refractivity contribution in [1.29, 1.82) is 5.26 Å². The summed E-state index contributed by atoms with van der Waals surface area (Å²) >= 11 is 6.06. The summed E-state index contributed by atoms with van der Waals surface area (Å²) in [5.41, 5.74) is 1.63. The largest absolute Gasteiger partial charge is 0.439 e. The fourth-order valence-electron chi connectivity index (χ4n) is 2.54. The minimum Gasteiger partial charge on any atom is -0.439 e. The van der Waals surface area contributed by atoms with E-state index in [0.29, 0.717) is 27.6 Å². The van der Waals surface area contributed by atoms with E-state index in [9.17, 15) is 20.2 Å². The zero-order valence-electron chi connectivity index (χ0n) is 16.2. The molecule has 3 aromatic rings. The summed E-state index contributed by atoms with van der Waals surface area (Å²) < 4.78 is 5.54. The molecular weight excluding hydrogens is 420 g/mol. The molecule has 1 heterocycles. The Kier molecular flexibility index (Phi) is 6.60. The molecule has 0 aliphatic carbocycles. The van der Waals surface area contributed by atoms with Crippen LogP contribution in [0.1, 0.15) is 11.1 Å². The highest BCUT2D eigenvalue weighted by Crippen LogP contribution is 2.24. The third-order valence-corrected chi connectivity index (χ3v) is 4.64. The molecule has 0 spiro atoms. The number of hydrogen-bond donors (Lipinski definition) is 1. The molecule has 9 heteroatoms. The topological polar surface area (TPSA) is 118 Å². The van der Waals surface area contributed by atoms with E-state index in [0.717, 1.165) is 6.20 Å². The van der Waals surface area contributed by atoms with E-state index in [1.54, 1.807) is 49.4 Å². The predicted octanol–water partition coefficient (Wildman–Crippen LogP) is 5.29. The summed E-state index contributed by atoms with van der Waals surface area (Å²) in [6, 6.07) is 16.3. The lowest BCUT2D eigenvalue weighted by atomic mass is 10.1. The Hall–Kier alpha value is -4.22. The van der Waals surface area contributed by atoms with Crippen LogP contribution in [-0.4, -0.2) is 15.8 Å². The number of halogens is 1. The fourth-order valence-corrected chi connectivity index (χ4v) is 2.72. The van der Waals surface area contributed by atoms with Gasteiger partial charge in [-0.3, -0.25) is 14.9 Å². The Bertz CT molecular complexity index is 1200. The zero-order chi connectivity index (χ0) is 22.4. The maximum Gasteiger partial charge on any atom is 0.287 e. The van der Waals surface area contributed by atoms with E-state index < -0.39 is 10.8 Å². The normalized spacial score (nSPS) is 10.8. The van der Waals surface area contributed by atoms with Crippen molar-refractivity contribution in [2.45, 2.75) is 6.92 Å². The lowest BCUT2D eigenvalue weighted by Gasteiger charge is -2.09. The summed E-state index contributed by atoms with van der Waals surface area (Å²) in [6.45, 7) is 1.77. The van der Waals surface area contributed by atoms with Crippen LogP contribution < -0.4 is 10.1 Å². The molecule has 1 amide bonds. The Balaban J connectivity index is 1.71. The monoisotopic (exact) mass is 434 g/mol. The number of nitrogens with one attached hydrogen (secondary N) is 1. The van der Waals surface area contributed by atoms with Crippen LogP contribution in [0.3, 0.4) is 0 Å². The van der Waals surface area contributed by atoms with E-state index in [1.807, 2.05) is 6.07 Å². The van der Waals surface area contributed by atoms with Gasteiger partial charge in [-0.15, -0.1) is 0 Å². The average molecular weight is 435 g/mol. The van der Waals surface area contributed by atoms with Crippen molar-refractivity contribution in [1.82, 2.24) is 4.98 Å². The number of benzene rings is 2. The maximum atomic E-state index is 12.5. The van der Waals surface area contributed by atoms with Gasteiger partial charge in [0.05, 0.1) is 4.92 Å². The van der Waals surface area contributed by atoms with Crippen LogP contribution in [0.25, 0.3) is 6.08 Å². The number of carbonyl (C=O) groups is 1. The molecule has 31 heavy (non-hydrogen) atoms. The Morgan fingerprint density at radius 3 is 2.58 bits per heavy atom. The smallest absolute Gasteiger partial charge is 0.287 e. The second-order valence-corrected chi connectivity index (χ2v) is 6.73. The number of carbonyl (C=O) groups excluding carboxylic acids is 1. The lowest BCUT2D eigenvalue weighted by Crippen LogP contribution is -2.14. The van der Waals surface area contributed by atoms with Gasteiger partial charge in [0.25, 0.3) is 11.6 Å². The van der Waals surface area contributed by atoms with Crippen LogP contribution in [0.15, 0.2) is 66.4 Å². The minimum absolute atomic E-state index is 0.0786. The van der Waals surface area contributed by atoms with Crippen LogP contribution in [0, 0.1) is 28.4 Å². The van der Waals surface area contributed by atoms with Gasteiger partial charge in [0.15, 0.2) is 0 Å². The first-order valence-corrected chi connectivity index (χ1v) is 9.32. The van der Waals surface area contributed by atoms with Crippen LogP contribution in [-0.2, 0) is 4.79 Å². The molecule has 0 fully saturated rings. The van der Waals surface area contributed by atoms with Crippen molar-refractivity contribution in [3.8, 4) is 17.7 Å². The van der Waals surface area contributed by atoms with E-state index in [4.69, 9.17) is 16.3 Å². The average Bonchev–Trinajstić information content (AvgIpc) is 2.76. The summed E-state index contributed by atoms with van der Waals surface area (Å²) in [7, 11) is 0. The summed E-state index contributed by atoms with van der Waals surface area (Å²) in [6.07, 6.45) is 2.55. The maximum absolute atomic E-state index is 12.5. The number of nitro groups is 1. The van der Waals surface area contributed by atoms with Crippen molar-refractivity contribution in [2.24, 2.45) is 0 Å². The molecule has 0 bridgehead atoms. The lowest BCUT2D eigenvalue weighted by molar-refractivity contribution is -0.385. The third-order valence-electron chi connectivity index (χ3n) is 4.23. The van der Waals surface area contributed by atoms with Crippen LogP contribution in [0.4, 0.5) is 11.4 Å². The van der Waals surface area contributed by atoms with Gasteiger partial charge in [-0.1, -0.05) is 29.8 Å². The molecule has 3 rings (SSSR count). The first-order valence-electron chi connectivity index (χ1n) is 8.94. The molecule has 0 radical (unpaired) electrons. The molecule has 0 aliphatic heterocycles. The SMILES string of the molecule is Cc1c(Cl)cccc1NC(=O)/C(C#N)=C\c1ccc(Oc2ccc([N+](=O)[O-])cn2)cc1. The minimum atomic E-state index is -0.553. The zero-order valence-corrected chi connectivity index (χ0v) is 17.0. The van der Waals surface area contributed by atoms with Gasteiger partial charge < -0.3 is 10.1 Å². The van der Waals surface area contributed by atoms with Crippen molar-refractivity contribution in [3.05, 3.63) is 92.6 Å². The molecule has 1 aromatic heterocycles. The number of hydrogen-bond acceptors (Lipinski definition) is 6. The molecule has 2 aromatic carbocycles. The van der Waals surface area contributed by atoms with Gasteiger partial charge in [-0.2, -0.15) is 5.26 Å². The number of rotatable bonds is 6. The first-order chi connectivity index (χ1) is 14.9. The molecule has 154 valence electrons. The van der Waals surface area contributed by atoms with E-state index in [1.165, 1.54) is 18.2 Å². The Morgan fingerprint density at radius 2 is 1.97 bits per heavy atom. The fraction of sp³-hybridized carbons (Fsp3) is 0.0455. The highest BCUT2D eigenvalue weighted by atomic mass is 35.5. The number of nitriles is 1. The predicted molar refractivity (Wildman–Crippen MR) is 116 cm³/mol. The van der Waals surface area contributed by atoms with Gasteiger partial charge in [0.2, 0.25) is 5.88 Å². The summed E-state index contributed by atoms with van der Waals surface area (Å²) in [5, 5.41) is 23.2. The second-order valence-electron chi connectivity index (χ2n) is 6.32. The molecule has 0 saturated carbocycles. The summed E-state index contributed by atoms with van der Waals surface area (Å²) in [5.74, 6) is 0.0853. The van der Waals surface area contributed by atoms with Gasteiger partial charge >= 0.3 is 0 Å². The standard InChI is InChI=1S/C22H15ClN4O4/c1-14-19(23)3-2-4-20(14)26-22(28)16(12-24)11-15-5-8-18(9-6-15)31-21-10-7-17(13-25-21)27(29)30/h2-11,13H,1H3,(H,26,28)/b16-11-. The van der Waals surface area contributed by atoms with Crippen molar-refractivity contribution >= 4 is 35.0 Å². The molecular formula is C22H15ClN4O4. The van der Waals surface area contributed by atoms with Crippen LogP contribution in [0.2, 0.25) is 5.02 Å². The number of ether oxygens (including phenoxy) is 1. The number of anilines is 1. The number of amides is 1. The van der Waals surface area contributed by atoms with E-state index in [2.05, 4.69) is 10.3 Å². The number of pyridine rings is 1. The Labute approximate surface area is 182 Å². The Morgan fingerprint density at radius 1 is 1.23 bits per heavy atom. The van der Waals surface area contributed by atoms with Crippen molar-refractivity contribution < 1.29 is 14.5 Å². The van der Waals surface area contributed by atoms with Gasteiger partial charge in [0.1, 0.15) is 23.6 Å². The highest BCUT2D eigenvalue weighted by molar-refractivity contribution is 6.31. The molecule has 1 N–H and O–H groups in total. The molecule has 0 saturated heterocycles.